The van der Waals surface area contributed by atoms with Gasteiger partial charge in [0.05, 0.1) is 12.2 Å². The van der Waals surface area contributed by atoms with E-state index >= 15 is 0 Å². The van der Waals surface area contributed by atoms with E-state index in [1.165, 1.54) is 12.2 Å². The molecule has 0 aliphatic carbocycles. The molecule has 0 amide bonds. The Morgan fingerprint density at radius 2 is 2.20 bits per heavy atom. The van der Waals surface area contributed by atoms with Crippen LogP contribution in [0.25, 0.3) is 0 Å². The molecule has 1 heterocycles. The fraction of sp³-hybridized carbons (Fsp3) is 0.429. The van der Waals surface area contributed by atoms with Crippen molar-refractivity contribution in [3.05, 3.63) is 0 Å². The van der Waals surface area contributed by atoms with Gasteiger partial charge in [0.15, 0.2) is 6.10 Å². The summed E-state index contributed by atoms with van der Waals surface area (Å²) >= 11 is 1.21. The van der Waals surface area contributed by atoms with Gasteiger partial charge in [0.25, 0.3) is 0 Å². The molecule has 2 nitrogen and oxygen atoms in total. The maximum atomic E-state index is 5.21. The minimum Gasteiger partial charge on any atom is -0.282 e. The maximum absolute atomic E-state index is 5.21. The summed E-state index contributed by atoms with van der Waals surface area (Å²) in [6.07, 6.45) is 10.1. The molecule has 0 spiro atoms. The Kier molecular flexibility index (Phi) is 2.24. The van der Waals surface area contributed by atoms with Crippen molar-refractivity contribution in [1.29, 1.82) is 0 Å². The van der Waals surface area contributed by atoms with E-state index in [1.54, 1.807) is 0 Å². The molecular formula is C7H7NOS. The number of terminal acetylenes is 2. The van der Waals surface area contributed by atoms with Gasteiger partial charge >= 0.3 is 0 Å². The number of rotatable bonds is 0. The van der Waals surface area contributed by atoms with Crippen LogP contribution in [-0.4, -0.2) is 23.5 Å². The van der Waals surface area contributed by atoms with Crippen LogP contribution < -0.4 is 0 Å². The highest BCUT2D eigenvalue weighted by Crippen LogP contribution is 2.27. The van der Waals surface area contributed by atoms with Gasteiger partial charge < -0.3 is 0 Å². The summed E-state index contributed by atoms with van der Waals surface area (Å²) in [6, 6.07) is -0.0880. The van der Waals surface area contributed by atoms with Crippen molar-refractivity contribution in [3.8, 4) is 24.7 Å². The average Bonchev–Trinajstić information content (AvgIpc) is 2.30. The van der Waals surface area contributed by atoms with E-state index in [1.807, 2.05) is 11.4 Å². The molecule has 0 aromatic rings. The molecule has 0 radical (unpaired) electrons. The molecule has 2 unspecified atom stereocenters. The minimum atomic E-state index is -0.264. The molecule has 0 aromatic heterocycles. The summed E-state index contributed by atoms with van der Waals surface area (Å²) in [5.74, 6) is 5.02. The van der Waals surface area contributed by atoms with Gasteiger partial charge in [-0.2, -0.15) is 0 Å². The van der Waals surface area contributed by atoms with E-state index in [9.17, 15) is 0 Å². The number of hydrogen-bond acceptors (Lipinski definition) is 3. The smallest absolute Gasteiger partial charge is 0.161 e. The van der Waals surface area contributed by atoms with Crippen LogP contribution in [0, 0.1) is 24.7 Å². The van der Waals surface area contributed by atoms with E-state index < -0.39 is 0 Å². The Balaban J connectivity index is 2.67. The van der Waals surface area contributed by atoms with Crippen LogP contribution in [0.3, 0.4) is 0 Å². The molecule has 1 aliphatic heterocycles. The van der Waals surface area contributed by atoms with Crippen molar-refractivity contribution < 1.29 is 4.18 Å². The van der Waals surface area contributed by atoms with Crippen LogP contribution in [0.4, 0.5) is 0 Å². The monoisotopic (exact) mass is 153 g/mol. The van der Waals surface area contributed by atoms with Gasteiger partial charge in [0.1, 0.15) is 6.04 Å². The Labute approximate surface area is 65.3 Å². The zero-order chi connectivity index (χ0) is 7.56. The summed E-state index contributed by atoms with van der Waals surface area (Å²) in [5, 5.41) is 0. The van der Waals surface area contributed by atoms with Crippen LogP contribution in [0.2, 0.25) is 0 Å². The summed E-state index contributed by atoms with van der Waals surface area (Å²) in [4.78, 5) is 0. The van der Waals surface area contributed by atoms with E-state index in [0.29, 0.717) is 0 Å². The third-order valence-electron chi connectivity index (χ3n) is 1.28. The molecule has 3 heteroatoms. The number of nitrogens with zero attached hydrogens (tertiary/aromatic N) is 1. The molecule has 0 N–H and O–H groups in total. The quantitative estimate of drug-likeness (QED) is 0.286. The van der Waals surface area contributed by atoms with E-state index in [4.69, 9.17) is 17.0 Å². The maximum Gasteiger partial charge on any atom is 0.161 e. The fourth-order valence-electron chi connectivity index (χ4n) is 0.715. The van der Waals surface area contributed by atoms with Crippen molar-refractivity contribution in [2.24, 2.45) is 0 Å². The van der Waals surface area contributed by atoms with E-state index in [-0.39, 0.29) is 12.1 Å². The molecule has 2 atom stereocenters. The van der Waals surface area contributed by atoms with Crippen LogP contribution in [0.5, 0.6) is 0 Å². The number of hydrogen-bond donors (Lipinski definition) is 0. The van der Waals surface area contributed by atoms with Gasteiger partial charge in [-0.1, -0.05) is 11.8 Å². The van der Waals surface area contributed by atoms with Crippen LogP contribution in [0.15, 0.2) is 0 Å². The fourth-order valence-corrected chi connectivity index (χ4v) is 1.37. The normalized spacial score (nSPS) is 33.1. The predicted octanol–water partition coefficient (Wildman–Crippen LogP) is 0.515. The van der Waals surface area contributed by atoms with Gasteiger partial charge in [-0.05, 0) is 0 Å². The second-order valence-corrected chi connectivity index (χ2v) is 2.83. The average molecular weight is 153 g/mol. The lowest BCUT2D eigenvalue weighted by atomic mass is 10.2. The first-order valence-electron chi connectivity index (χ1n) is 2.78. The highest BCUT2D eigenvalue weighted by atomic mass is 32.2. The predicted molar refractivity (Wildman–Crippen MR) is 41.7 cm³/mol. The first-order chi connectivity index (χ1) is 4.79. The van der Waals surface area contributed by atoms with Crippen molar-refractivity contribution in [2.45, 2.75) is 12.1 Å². The van der Waals surface area contributed by atoms with E-state index in [0.717, 1.165) is 0 Å². The highest BCUT2D eigenvalue weighted by Gasteiger charge is 2.31. The molecule has 0 saturated carbocycles. The zero-order valence-electron chi connectivity index (χ0n) is 5.57. The van der Waals surface area contributed by atoms with Gasteiger partial charge in [-0.25, -0.2) is 4.31 Å². The molecule has 0 aromatic carbocycles. The first kappa shape index (κ1) is 7.50. The Hall–Kier alpha value is -0.610. The van der Waals surface area contributed by atoms with Crippen molar-refractivity contribution >= 4 is 12.2 Å². The SMILES string of the molecule is C#CC1OSN(C)C1C#C. The molecule has 1 fully saturated rings. The van der Waals surface area contributed by atoms with E-state index in [2.05, 4.69) is 11.8 Å². The van der Waals surface area contributed by atoms with Crippen molar-refractivity contribution in [2.75, 3.05) is 7.05 Å². The Morgan fingerprint density at radius 1 is 1.50 bits per heavy atom. The lowest BCUT2D eigenvalue weighted by Crippen LogP contribution is -2.27. The Morgan fingerprint density at radius 3 is 2.60 bits per heavy atom. The summed E-state index contributed by atoms with van der Waals surface area (Å²) in [7, 11) is 1.85. The number of likely N-dealkylation sites (N-methyl/N-ethyl adjacent to an activating group) is 1. The van der Waals surface area contributed by atoms with Gasteiger partial charge in [0, 0.05) is 7.05 Å². The van der Waals surface area contributed by atoms with Crippen LogP contribution in [-0.2, 0) is 4.18 Å². The lowest BCUT2D eigenvalue weighted by Gasteiger charge is -2.09. The lowest BCUT2D eigenvalue weighted by molar-refractivity contribution is 0.302. The zero-order valence-corrected chi connectivity index (χ0v) is 6.39. The molecule has 0 bridgehead atoms. The van der Waals surface area contributed by atoms with Crippen LogP contribution in [0.1, 0.15) is 0 Å². The largest absolute Gasteiger partial charge is 0.282 e. The third kappa shape index (κ3) is 1.12. The van der Waals surface area contributed by atoms with Gasteiger partial charge in [0.2, 0.25) is 0 Å². The molecule has 1 saturated heterocycles. The second-order valence-electron chi connectivity index (χ2n) is 1.92. The van der Waals surface area contributed by atoms with Crippen molar-refractivity contribution in [3.63, 3.8) is 0 Å². The first-order valence-corrected chi connectivity index (χ1v) is 3.48. The van der Waals surface area contributed by atoms with Crippen LogP contribution >= 0.6 is 12.2 Å². The molecule has 1 aliphatic rings. The minimum absolute atomic E-state index is 0.0880. The highest BCUT2D eigenvalue weighted by molar-refractivity contribution is 7.92. The second kappa shape index (κ2) is 2.98. The summed E-state index contributed by atoms with van der Waals surface area (Å²) in [5.41, 5.74) is 0. The molecule has 1 rings (SSSR count). The standard InChI is InChI=1S/C7H7NOS/c1-4-6-7(5-2)9-10-8(6)3/h1-2,6-7H,3H3. The third-order valence-corrected chi connectivity index (χ3v) is 2.03. The molecular weight excluding hydrogens is 146 g/mol. The topological polar surface area (TPSA) is 12.5 Å². The van der Waals surface area contributed by atoms with Gasteiger partial charge in [-0.15, -0.1) is 12.8 Å². The Bertz CT molecular complexity index is 203. The van der Waals surface area contributed by atoms with Gasteiger partial charge in [-0.3, -0.25) is 4.18 Å². The summed E-state index contributed by atoms with van der Waals surface area (Å²) < 4.78 is 6.91. The summed E-state index contributed by atoms with van der Waals surface area (Å²) in [6.45, 7) is 0. The molecule has 52 valence electrons. The van der Waals surface area contributed by atoms with Crippen molar-refractivity contribution in [1.82, 2.24) is 4.31 Å². The molecule has 10 heavy (non-hydrogen) atoms.